The van der Waals surface area contributed by atoms with Gasteiger partial charge < -0.3 is 14.3 Å². The Balaban J connectivity index is 1.64. The summed E-state index contributed by atoms with van der Waals surface area (Å²) in [5.41, 5.74) is 2.97. The predicted molar refractivity (Wildman–Crippen MR) is 102 cm³/mol. The van der Waals surface area contributed by atoms with Crippen molar-refractivity contribution in [2.45, 2.75) is 13.0 Å². The number of fused-ring (bicyclic) bond motifs is 1. The Bertz CT molecular complexity index is 965. The van der Waals surface area contributed by atoms with Crippen molar-refractivity contribution in [3.63, 3.8) is 0 Å². The molecule has 3 aromatic heterocycles. The smallest absolute Gasteiger partial charge is 0.137 e. The van der Waals surface area contributed by atoms with Crippen molar-refractivity contribution in [1.29, 1.82) is 0 Å². The van der Waals surface area contributed by atoms with Crippen LogP contribution in [0.1, 0.15) is 6.42 Å². The second-order valence-electron chi connectivity index (χ2n) is 5.77. The minimum Gasteiger partial charge on any atom is -0.464 e. The number of anilines is 1. The Labute approximate surface area is 153 Å². The maximum atomic E-state index is 5.60. The summed E-state index contributed by atoms with van der Waals surface area (Å²) < 4.78 is 8.71. The lowest BCUT2D eigenvalue weighted by atomic mass is 10.1. The molecule has 0 bridgehead atoms. The molecule has 4 aromatic rings. The zero-order valence-corrected chi connectivity index (χ0v) is 15.1. The average Bonchev–Trinajstić information content (AvgIpc) is 3.32. The molecule has 0 fully saturated rings. The Morgan fingerprint density at radius 2 is 2.20 bits per heavy atom. The molecule has 0 amide bonds. The van der Waals surface area contributed by atoms with Gasteiger partial charge in [0.1, 0.15) is 5.76 Å². The van der Waals surface area contributed by atoms with Crippen molar-refractivity contribution >= 4 is 32.5 Å². The third-order valence-electron chi connectivity index (χ3n) is 4.07. The van der Waals surface area contributed by atoms with E-state index in [-0.39, 0.29) is 0 Å². The van der Waals surface area contributed by atoms with Crippen molar-refractivity contribution in [3.05, 3.63) is 66.0 Å². The van der Waals surface area contributed by atoms with Crippen LogP contribution < -0.4 is 5.32 Å². The Kier molecular flexibility index (Phi) is 4.52. The first kappa shape index (κ1) is 15.9. The SMILES string of the molecule is Brc1ccc2ncc(-c3ccco3)c(NCCCn3ccnc3)c2c1. The van der Waals surface area contributed by atoms with Crippen LogP contribution in [0.4, 0.5) is 5.69 Å². The molecule has 1 aromatic carbocycles. The van der Waals surface area contributed by atoms with E-state index >= 15 is 0 Å². The second-order valence-corrected chi connectivity index (χ2v) is 6.68. The van der Waals surface area contributed by atoms with Gasteiger partial charge in [0.2, 0.25) is 0 Å². The molecule has 0 aliphatic carbocycles. The van der Waals surface area contributed by atoms with Crippen molar-refractivity contribution in [1.82, 2.24) is 14.5 Å². The number of imidazole rings is 1. The molecule has 0 saturated carbocycles. The van der Waals surface area contributed by atoms with E-state index in [1.165, 1.54) is 0 Å². The van der Waals surface area contributed by atoms with Crippen LogP contribution in [-0.4, -0.2) is 21.1 Å². The van der Waals surface area contributed by atoms with E-state index in [0.29, 0.717) is 0 Å². The van der Waals surface area contributed by atoms with Crippen molar-refractivity contribution < 1.29 is 4.42 Å². The molecule has 4 rings (SSSR count). The highest BCUT2D eigenvalue weighted by Gasteiger charge is 2.13. The molecule has 0 saturated heterocycles. The molecule has 1 N–H and O–H groups in total. The number of pyridine rings is 1. The third kappa shape index (κ3) is 3.44. The van der Waals surface area contributed by atoms with Crippen LogP contribution in [-0.2, 0) is 6.54 Å². The molecule has 0 unspecified atom stereocenters. The lowest BCUT2D eigenvalue weighted by Gasteiger charge is -2.14. The molecule has 0 spiro atoms. The summed E-state index contributed by atoms with van der Waals surface area (Å²) in [7, 11) is 0. The summed E-state index contributed by atoms with van der Waals surface area (Å²) in [6.07, 6.45) is 10.2. The normalized spacial score (nSPS) is 11.1. The molecule has 0 aliphatic heterocycles. The van der Waals surface area contributed by atoms with Crippen molar-refractivity contribution in [3.8, 4) is 11.3 Å². The first-order chi connectivity index (χ1) is 12.3. The monoisotopic (exact) mass is 396 g/mol. The van der Waals surface area contributed by atoms with Crippen LogP contribution in [0.5, 0.6) is 0 Å². The van der Waals surface area contributed by atoms with Crippen LogP contribution in [0, 0.1) is 0 Å². The average molecular weight is 397 g/mol. The fourth-order valence-corrected chi connectivity index (χ4v) is 3.23. The number of hydrogen-bond donors (Lipinski definition) is 1. The molecule has 0 aliphatic rings. The number of benzene rings is 1. The van der Waals surface area contributed by atoms with Gasteiger partial charge in [0.15, 0.2) is 0 Å². The van der Waals surface area contributed by atoms with E-state index < -0.39 is 0 Å². The molecule has 0 atom stereocenters. The predicted octanol–water partition coefficient (Wildman–Crippen LogP) is 4.96. The lowest BCUT2D eigenvalue weighted by molar-refractivity contribution is 0.582. The number of rotatable bonds is 6. The molecule has 6 heteroatoms. The zero-order valence-electron chi connectivity index (χ0n) is 13.5. The maximum Gasteiger partial charge on any atom is 0.137 e. The first-order valence-corrected chi connectivity index (χ1v) is 8.92. The van der Waals surface area contributed by atoms with Crippen LogP contribution in [0.2, 0.25) is 0 Å². The molecule has 126 valence electrons. The van der Waals surface area contributed by atoms with E-state index in [1.54, 1.807) is 12.5 Å². The fraction of sp³-hybridized carbons (Fsp3) is 0.158. The van der Waals surface area contributed by atoms with E-state index in [2.05, 4.69) is 41.8 Å². The van der Waals surface area contributed by atoms with Gasteiger partial charge in [-0.15, -0.1) is 0 Å². The van der Waals surface area contributed by atoms with E-state index in [0.717, 1.165) is 51.9 Å². The summed E-state index contributed by atoms with van der Waals surface area (Å²) >= 11 is 3.56. The van der Waals surface area contributed by atoms with E-state index in [4.69, 9.17) is 4.42 Å². The van der Waals surface area contributed by atoms with Crippen LogP contribution >= 0.6 is 15.9 Å². The Morgan fingerprint density at radius 3 is 3.00 bits per heavy atom. The minimum atomic E-state index is 0.812. The highest BCUT2D eigenvalue weighted by atomic mass is 79.9. The van der Waals surface area contributed by atoms with E-state index in [1.807, 2.05) is 43.0 Å². The van der Waals surface area contributed by atoms with Crippen LogP contribution in [0.25, 0.3) is 22.2 Å². The molecule has 25 heavy (non-hydrogen) atoms. The van der Waals surface area contributed by atoms with Gasteiger partial charge in [0.25, 0.3) is 0 Å². The molecule has 5 nitrogen and oxygen atoms in total. The maximum absolute atomic E-state index is 5.60. The topological polar surface area (TPSA) is 55.9 Å². The molecular formula is C19H17BrN4O. The number of nitrogens with zero attached hydrogens (tertiary/aromatic N) is 3. The van der Waals surface area contributed by atoms with Crippen LogP contribution in [0.15, 0.2) is 70.4 Å². The van der Waals surface area contributed by atoms with Gasteiger partial charge >= 0.3 is 0 Å². The highest BCUT2D eigenvalue weighted by molar-refractivity contribution is 9.10. The van der Waals surface area contributed by atoms with Gasteiger partial charge in [0, 0.05) is 41.5 Å². The highest BCUT2D eigenvalue weighted by Crippen LogP contribution is 2.35. The Morgan fingerprint density at radius 1 is 1.24 bits per heavy atom. The summed E-state index contributed by atoms with van der Waals surface area (Å²) in [4.78, 5) is 8.65. The van der Waals surface area contributed by atoms with Crippen molar-refractivity contribution in [2.24, 2.45) is 0 Å². The standard InChI is InChI=1S/C19H17BrN4O/c20-14-4-5-17-15(11-14)19(16(12-23-17)18-3-1-10-25-18)22-6-2-8-24-9-7-21-13-24/h1,3-5,7,9-13H,2,6,8H2,(H,22,23). The van der Waals surface area contributed by atoms with Crippen molar-refractivity contribution in [2.75, 3.05) is 11.9 Å². The van der Waals surface area contributed by atoms with Gasteiger partial charge in [0.05, 0.1) is 29.4 Å². The minimum absolute atomic E-state index is 0.812. The van der Waals surface area contributed by atoms with Gasteiger partial charge in [-0.05, 0) is 36.8 Å². The van der Waals surface area contributed by atoms with Gasteiger partial charge in [-0.3, -0.25) is 4.98 Å². The number of aromatic nitrogens is 3. The molecule has 0 radical (unpaired) electrons. The fourth-order valence-electron chi connectivity index (χ4n) is 2.87. The molecular weight excluding hydrogens is 380 g/mol. The van der Waals surface area contributed by atoms with Gasteiger partial charge in [-0.25, -0.2) is 4.98 Å². The number of hydrogen-bond acceptors (Lipinski definition) is 4. The van der Waals surface area contributed by atoms with E-state index in [9.17, 15) is 0 Å². The summed E-state index contributed by atoms with van der Waals surface area (Å²) in [5, 5.41) is 4.65. The summed E-state index contributed by atoms with van der Waals surface area (Å²) in [6, 6.07) is 9.96. The number of aryl methyl sites for hydroxylation is 1. The lowest BCUT2D eigenvalue weighted by Crippen LogP contribution is -2.07. The van der Waals surface area contributed by atoms with Crippen LogP contribution in [0.3, 0.4) is 0 Å². The first-order valence-electron chi connectivity index (χ1n) is 8.13. The number of nitrogens with one attached hydrogen (secondary N) is 1. The molecule has 3 heterocycles. The second kappa shape index (κ2) is 7.11. The van der Waals surface area contributed by atoms with Gasteiger partial charge in [-0.2, -0.15) is 0 Å². The van der Waals surface area contributed by atoms with Gasteiger partial charge in [-0.1, -0.05) is 15.9 Å². The number of halogens is 1. The summed E-state index contributed by atoms with van der Waals surface area (Å²) in [6.45, 7) is 1.77. The third-order valence-corrected chi connectivity index (χ3v) is 4.56. The Hall–Kier alpha value is -2.60. The summed E-state index contributed by atoms with van der Waals surface area (Å²) in [5.74, 6) is 0.812. The zero-order chi connectivity index (χ0) is 17.1. The number of furan rings is 1. The quantitative estimate of drug-likeness (QED) is 0.468. The largest absolute Gasteiger partial charge is 0.464 e.